The first-order valence-electron chi connectivity index (χ1n) is 6.62. The molecule has 1 fully saturated rings. The van der Waals surface area contributed by atoms with E-state index in [9.17, 15) is 0 Å². The molecule has 0 saturated carbocycles. The van der Waals surface area contributed by atoms with Crippen molar-refractivity contribution in [3.63, 3.8) is 0 Å². The molecular formula is C13H17BrN4O. The summed E-state index contributed by atoms with van der Waals surface area (Å²) >= 11 is 3.42. The second kappa shape index (κ2) is 5.46. The zero-order valence-electron chi connectivity index (χ0n) is 10.8. The Morgan fingerprint density at radius 2 is 2.47 bits per heavy atom. The van der Waals surface area contributed by atoms with Gasteiger partial charge in [-0.1, -0.05) is 6.92 Å². The number of nitrogens with one attached hydrogen (secondary N) is 1. The lowest BCUT2D eigenvalue weighted by Gasteiger charge is -2.17. The number of nitrogens with zero attached hydrogens (tertiary/aromatic N) is 3. The molecule has 1 saturated heterocycles. The lowest BCUT2D eigenvalue weighted by molar-refractivity contribution is 0.0900. The van der Waals surface area contributed by atoms with Crippen molar-refractivity contribution in [3.05, 3.63) is 23.2 Å². The lowest BCUT2D eigenvalue weighted by atomic mass is 10.00. The zero-order valence-corrected chi connectivity index (χ0v) is 12.4. The summed E-state index contributed by atoms with van der Waals surface area (Å²) in [4.78, 5) is 8.80. The summed E-state index contributed by atoms with van der Waals surface area (Å²) in [5.74, 6) is 1.38. The number of anilines is 1. The Morgan fingerprint density at radius 3 is 3.32 bits per heavy atom. The van der Waals surface area contributed by atoms with E-state index in [2.05, 4.69) is 38.1 Å². The van der Waals surface area contributed by atoms with E-state index in [1.807, 2.05) is 16.8 Å². The van der Waals surface area contributed by atoms with Gasteiger partial charge in [0.15, 0.2) is 11.5 Å². The van der Waals surface area contributed by atoms with Gasteiger partial charge in [0.2, 0.25) is 0 Å². The largest absolute Gasteiger partial charge is 0.378 e. The van der Waals surface area contributed by atoms with Gasteiger partial charge in [-0.2, -0.15) is 0 Å². The van der Waals surface area contributed by atoms with E-state index in [0.29, 0.717) is 12.0 Å². The van der Waals surface area contributed by atoms with Crippen molar-refractivity contribution in [2.75, 3.05) is 18.5 Å². The molecular weight excluding hydrogens is 308 g/mol. The SMILES string of the molecule is CCC1OCCC1CNc1nc(Br)cn2ccnc12. The van der Waals surface area contributed by atoms with Crippen LogP contribution in [0.3, 0.4) is 0 Å². The molecule has 3 rings (SSSR count). The highest BCUT2D eigenvalue weighted by Crippen LogP contribution is 2.24. The van der Waals surface area contributed by atoms with E-state index in [1.165, 1.54) is 0 Å². The van der Waals surface area contributed by atoms with Crippen molar-refractivity contribution in [1.29, 1.82) is 0 Å². The number of aromatic nitrogens is 3. The predicted molar refractivity (Wildman–Crippen MR) is 77.3 cm³/mol. The summed E-state index contributed by atoms with van der Waals surface area (Å²) in [7, 11) is 0. The third-order valence-corrected chi connectivity index (χ3v) is 4.01. The highest BCUT2D eigenvalue weighted by Gasteiger charge is 2.26. The fraction of sp³-hybridized carbons (Fsp3) is 0.538. The molecule has 1 aliphatic rings. The van der Waals surface area contributed by atoms with Gasteiger partial charge in [0, 0.05) is 37.7 Å². The minimum Gasteiger partial charge on any atom is -0.378 e. The van der Waals surface area contributed by atoms with Crippen LogP contribution in [0.5, 0.6) is 0 Å². The molecule has 2 atom stereocenters. The molecule has 19 heavy (non-hydrogen) atoms. The predicted octanol–water partition coefficient (Wildman–Crippen LogP) is 2.72. The molecule has 6 heteroatoms. The minimum atomic E-state index is 0.371. The molecule has 2 unspecified atom stereocenters. The molecule has 0 radical (unpaired) electrons. The van der Waals surface area contributed by atoms with Crippen LogP contribution in [0.4, 0.5) is 5.82 Å². The summed E-state index contributed by atoms with van der Waals surface area (Å²) < 4.78 is 8.47. The summed E-state index contributed by atoms with van der Waals surface area (Å²) in [5, 5.41) is 3.42. The summed E-state index contributed by atoms with van der Waals surface area (Å²) in [5.41, 5.74) is 0.857. The summed E-state index contributed by atoms with van der Waals surface area (Å²) in [6.07, 6.45) is 8.15. The second-order valence-electron chi connectivity index (χ2n) is 4.82. The number of ether oxygens (including phenoxy) is 1. The normalized spacial score (nSPS) is 23.1. The molecule has 0 amide bonds. The first-order valence-corrected chi connectivity index (χ1v) is 7.42. The molecule has 0 spiro atoms. The molecule has 2 aromatic heterocycles. The van der Waals surface area contributed by atoms with Crippen molar-refractivity contribution >= 4 is 27.4 Å². The number of imidazole rings is 1. The third-order valence-electron chi connectivity index (χ3n) is 3.63. The molecule has 1 N–H and O–H groups in total. The van der Waals surface area contributed by atoms with E-state index in [0.717, 1.165) is 42.1 Å². The Bertz CT molecular complexity index is 571. The number of hydrogen-bond acceptors (Lipinski definition) is 4. The topological polar surface area (TPSA) is 51.5 Å². The van der Waals surface area contributed by atoms with Crippen LogP contribution >= 0.6 is 15.9 Å². The minimum absolute atomic E-state index is 0.371. The highest BCUT2D eigenvalue weighted by atomic mass is 79.9. The van der Waals surface area contributed by atoms with Crippen molar-refractivity contribution < 1.29 is 4.74 Å². The molecule has 1 aliphatic heterocycles. The first-order chi connectivity index (χ1) is 9.28. The molecule has 0 aromatic carbocycles. The van der Waals surface area contributed by atoms with Crippen molar-refractivity contribution in [1.82, 2.24) is 14.4 Å². The van der Waals surface area contributed by atoms with Crippen LogP contribution in [0.15, 0.2) is 23.2 Å². The molecule has 5 nitrogen and oxygen atoms in total. The Morgan fingerprint density at radius 1 is 1.58 bits per heavy atom. The third kappa shape index (κ3) is 2.60. The standard InChI is InChI=1S/C13H17BrN4O/c1-2-10-9(3-6-19-10)7-16-12-13-15-4-5-18(13)8-11(14)17-12/h4-5,8-10H,2-3,6-7H2,1H3,(H,16,17). The average molecular weight is 325 g/mol. The fourth-order valence-electron chi connectivity index (χ4n) is 2.62. The van der Waals surface area contributed by atoms with Crippen molar-refractivity contribution in [2.45, 2.75) is 25.9 Å². The Balaban J connectivity index is 1.76. The number of rotatable bonds is 4. The summed E-state index contributed by atoms with van der Waals surface area (Å²) in [6, 6.07) is 0. The maximum absolute atomic E-state index is 5.71. The summed E-state index contributed by atoms with van der Waals surface area (Å²) in [6.45, 7) is 3.92. The maximum atomic E-state index is 5.71. The lowest BCUT2D eigenvalue weighted by Crippen LogP contribution is -2.23. The number of hydrogen-bond donors (Lipinski definition) is 1. The van der Waals surface area contributed by atoms with Gasteiger partial charge >= 0.3 is 0 Å². The van der Waals surface area contributed by atoms with Crippen LogP contribution in [-0.2, 0) is 4.74 Å². The molecule has 3 heterocycles. The van der Waals surface area contributed by atoms with Crippen LogP contribution in [0.25, 0.3) is 5.65 Å². The van der Waals surface area contributed by atoms with Gasteiger partial charge in [-0.05, 0) is 28.8 Å². The van der Waals surface area contributed by atoms with Crippen LogP contribution in [0.1, 0.15) is 19.8 Å². The monoisotopic (exact) mass is 324 g/mol. The average Bonchev–Trinajstić information content (AvgIpc) is 3.03. The van der Waals surface area contributed by atoms with Gasteiger partial charge in [-0.15, -0.1) is 0 Å². The fourth-order valence-corrected chi connectivity index (χ4v) is 3.02. The van der Waals surface area contributed by atoms with Crippen LogP contribution in [0, 0.1) is 5.92 Å². The molecule has 0 bridgehead atoms. The highest BCUT2D eigenvalue weighted by molar-refractivity contribution is 9.10. The maximum Gasteiger partial charge on any atom is 0.180 e. The van der Waals surface area contributed by atoms with Crippen molar-refractivity contribution in [3.8, 4) is 0 Å². The number of fused-ring (bicyclic) bond motifs is 1. The van der Waals surface area contributed by atoms with E-state index in [1.54, 1.807) is 6.20 Å². The van der Waals surface area contributed by atoms with E-state index >= 15 is 0 Å². The van der Waals surface area contributed by atoms with Gasteiger partial charge in [0.05, 0.1) is 6.10 Å². The van der Waals surface area contributed by atoms with Gasteiger partial charge in [0.1, 0.15) is 4.60 Å². The van der Waals surface area contributed by atoms with E-state index in [4.69, 9.17) is 4.74 Å². The first kappa shape index (κ1) is 12.9. The second-order valence-corrected chi connectivity index (χ2v) is 5.63. The van der Waals surface area contributed by atoms with Crippen LogP contribution < -0.4 is 5.32 Å². The quantitative estimate of drug-likeness (QED) is 0.939. The van der Waals surface area contributed by atoms with Gasteiger partial charge in [-0.25, -0.2) is 9.97 Å². The smallest absolute Gasteiger partial charge is 0.180 e. The van der Waals surface area contributed by atoms with Gasteiger partial charge < -0.3 is 14.5 Å². The van der Waals surface area contributed by atoms with Gasteiger partial charge in [0.25, 0.3) is 0 Å². The molecule has 102 valence electrons. The van der Waals surface area contributed by atoms with Crippen LogP contribution in [-0.4, -0.2) is 33.6 Å². The molecule has 2 aromatic rings. The van der Waals surface area contributed by atoms with Gasteiger partial charge in [-0.3, -0.25) is 0 Å². The van der Waals surface area contributed by atoms with E-state index < -0.39 is 0 Å². The Labute approximate surface area is 120 Å². The Kier molecular flexibility index (Phi) is 3.70. The molecule has 0 aliphatic carbocycles. The number of halogens is 1. The van der Waals surface area contributed by atoms with Crippen molar-refractivity contribution in [2.24, 2.45) is 5.92 Å². The Hall–Kier alpha value is -1.14. The van der Waals surface area contributed by atoms with E-state index in [-0.39, 0.29) is 0 Å². The van der Waals surface area contributed by atoms with Crippen LogP contribution in [0.2, 0.25) is 0 Å². The zero-order chi connectivity index (χ0) is 13.2.